The van der Waals surface area contributed by atoms with Crippen molar-refractivity contribution >= 4 is 17.8 Å². The summed E-state index contributed by atoms with van der Waals surface area (Å²) in [7, 11) is 1.58. The van der Waals surface area contributed by atoms with E-state index in [-0.39, 0.29) is 36.9 Å². The van der Waals surface area contributed by atoms with Crippen molar-refractivity contribution in [3.05, 3.63) is 100.0 Å². The Kier molecular flexibility index (Phi) is 6.75. The van der Waals surface area contributed by atoms with Gasteiger partial charge in [0.25, 0.3) is 5.56 Å². The summed E-state index contributed by atoms with van der Waals surface area (Å²) < 4.78 is 7.16. The number of pyridine rings is 1. The van der Waals surface area contributed by atoms with Crippen molar-refractivity contribution in [2.24, 2.45) is 11.3 Å². The number of ether oxygens (including phenoxy) is 1. The normalized spacial score (nSPS) is 24.4. The minimum Gasteiger partial charge on any atom is -0.497 e. The number of fused-ring (bicyclic) bond motifs is 4. The van der Waals surface area contributed by atoms with Crippen molar-refractivity contribution in [2.45, 2.75) is 31.8 Å². The van der Waals surface area contributed by atoms with E-state index in [0.717, 1.165) is 23.2 Å². The first-order valence-corrected chi connectivity index (χ1v) is 13.6. The highest BCUT2D eigenvalue weighted by Gasteiger charge is 2.55. The van der Waals surface area contributed by atoms with E-state index < -0.39 is 23.3 Å². The number of benzene rings is 2. The van der Waals surface area contributed by atoms with Crippen LogP contribution in [0.5, 0.6) is 5.75 Å². The van der Waals surface area contributed by atoms with Crippen LogP contribution in [0, 0.1) is 11.3 Å². The Morgan fingerprint density at radius 3 is 2.40 bits per heavy atom. The largest absolute Gasteiger partial charge is 0.497 e. The second-order valence-corrected chi connectivity index (χ2v) is 11.1. The van der Waals surface area contributed by atoms with E-state index in [1.807, 2.05) is 53.1 Å². The summed E-state index contributed by atoms with van der Waals surface area (Å²) in [6, 6.07) is 21.3. The van der Waals surface area contributed by atoms with Crippen LogP contribution >= 0.6 is 0 Å². The molecule has 3 aromatic rings. The van der Waals surface area contributed by atoms with Crippen LogP contribution in [0.3, 0.4) is 0 Å². The number of aromatic nitrogens is 1. The number of methoxy groups -OCH3 is 1. The molecule has 4 heterocycles. The van der Waals surface area contributed by atoms with Crippen LogP contribution in [-0.2, 0) is 29.1 Å². The summed E-state index contributed by atoms with van der Waals surface area (Å²) in [4.78, 5) is 56.9. The van der Waals surface area contributed by atoms with E-state index in [1.165, 1.54) is 4.90 Å². The molecule has 9 nitrogen and oxygen atoms in total. The highest BCUT2D eigenvalue weighted by molar-refractivity contribution is 6.19. The van der Waals surface area contributed by atoms with E-state index in [9.17, 15) is 19.2 Å². The molecule has 6 rings (SSSR count). The fourth-order valence-corrected chi connectivity index (χ4v) is 6.59. The lowest BCUT2D eigenvalue weighted by atomic mass is 9.75. The quantitative estimate of drug-likeness (QED) is 0.463. The third-order valence-electron chi connectivity index (χ3n) is 8.45. The molecule has 9 heteroatoms. The monoisotopic (exact) mass is 540 g/mol. The summed E-state index contributed by atoms with van der Waals surface area (Å²) in [5.41, 5.74) is 1.10. The van der Waals surface area contributed by atoms with Crippen LogP contribution in [0.1, 0.15) is 29.2 Å². The van der Waals surface area contributed by atoms with Gasteiger partial charge in [-0.15, -0.1) is 0 Å². The fourth-order valence-electron chi connectivity index (χ4n) is 6.59. The fraction of sp³-hybridized carbons (Fsp3) is 0.355. The molecule has 3 aliphatic heterocycles. The molecule has 3 aliphatic rings. The minimum absolute atomic E-state index is 0.00790. The van der Waals surface area contributed by atoms with Gasteiger partial charge in [-0.2, -0.15) is 0 Å². The second-order valence-electron chi connectivity index (χ2n) is 11.1. The molecule has 2 saturated heterocycles. The van der Waals surface area contributed by atoms with Gasteiger partial charge >= 0.3 is 6.03 Å². The van der Waals surface area contributed by atoms with Crippen LogP contribution in [0.4, 0.5) is 4.79 Å². The SMILES string of the molecule is COc1ccc(C[C@]2(CN3C[C@@H]4C[C@@H](C3)c3cccc(=O)n3C4)C(=O)NC(=O)N(Cc3ccccc3)C2=O)cc1. The number of carbonyl (C=O) groups excluding carboxylic acids is 3. The van der Waals surface area contributed by atoms with Crippen molar-refractivity contribution in [2.75, 3.05) is 26.7 Å². The number of urea groups is 1. The summed E-state index contributed by atoms with van der Waals surface area (Å²) in [5, 5.41) is 2.51. The number of hydrogen-bond donors (Lipinski definition) is 1. The van der Waals surface area contributed by atoms with Crippen LogP contribution in [0.25, 0.3) is 0 Å². The molecule has 2 fully saturated rings. The van der Waals surface area contributed by atoms with Gasteiger partial charge in [0.15, 0.2) is 0 Å². The Balaban J connectivity index is 1.34. The molecule has 2 aromatic carbocycles. The Morgan fingerprint density at radius 1 is 0.875 bits per heavy atom. The molecule has 2 bridgehead atoms. The molecule has 1 aromatic heterocycles. The molecule has 4 amide bonds. The van der Waals surface area contributed by atoms with Gasteiger partial charge in [0.05, 0.1) is 13.7 Å². The van der Waals surface area contributed by atoms with Gasteiger partial charge in [-0.3, -0.25) is 24.6 Å². The molecular weight excluding hydrogens is 508 g/mol. The first-order valence-electron chi connectivity index (χ1n) is 13.6. The molecule has 1 N–H and O–H groups in total. The van der Waals surface area contributed by atoms with Crippen LogP contribution in [0.15, 0.2) is 77.6 Å². The zero-order chi connectivity index (χ0) is 27.9. The number of rotatable bonds is 7. The third-order valence-corrected chi connectivity index (χ3v) is 8.45. The summed E-state index contributed by atoms with van der Waals surface area (Å²) in [6.07, 6.45) is 1.10. The molecule has 3 atom stereocenters. The van der Waals surface area contributed by atoms with Gasteiger partial charge in [-0.05, 0) is 48.1 Å². The Bertz CT molecular complexity index is 1500. The highest BCUT2D eigenvalue weighted by Crippen LogP contribution is 2.38. The number of hydrogen-bond acceptors (Lipinski definition) is 6. The van der Waals surface area contributed by atoms with Crippen LogP contribution in [0.2, 0.25) is 0 Å². The molecule has 40 heavy (non-hydrogen) atoms. The van der Waals surface area contributed by atoms with Gasteiger partial charge in [0.2, 0.25) is 11.8 Å². The molecule has 0 saturated carbocycles. The predicted molar refractivity (Wildman–Crippen MR) is 148 cm³/mol. The number of barbiturate groups is 1. The first-order chi connectivity index (χ1) is 19.4. The second kappa shape index (κ2) is 10.4. The third kappa shape index (κ3) is 4.70. The van der Waals surface area contributed by atoms with Crippen molar-refractivity contribution in [3.8, 4) is 5.75 Å². The Morgan fingerprint density at radius 2 is 1.65 bits per heavy atom. The smallest absolute Gasteiger partial charge is 0.331 e. The number of likely N-dealkylation sites (tertiary alicyclic amines) is 1. The highest BCUT2D eigenvalue weighted by atomic mass is 16.5. The first kappa shape index (κ1) is 26.0. The minimum atomic E-state index is -1.50. The van der Waals surface area contributed by atoms with Crippen LogP contribution < -0.4 is 15.6 Å². The summed E-state index contributed by atoms with van der Waals surface area (Å²) in [6.45, 7) is 2.15. The molecule has 0 aliphatic carbocycles. The summed E-state index contributed by atoms with van der Waals surface area (Å²) >= 11 is 0. The van der Waals surface area contributed by atoms with E-state index in [2.05, 4.69) is 10.2 Å². The van der Waals surface area contributed by atoms with Crippen molar-refractivity contribution in [3.63, 3.8) is 0 Å². The van der Waals surface area contributed by atoms with Gasteiger partial charge in [0.1, 0.15) is 11.2 Å². The molecule has 0 unspecified atom stereocenters. The van der Waals surface area contributed by atoms with Crippen LogP contribution in [-0.4, -0.2) is 59.0 Å². The van der Waals surface area contributed by atoms with Gasteiger partial charge in [-0.25, -0.2) is 4.79 Å². The molecular formula is C31H32N4O5. The van der Waals surface area contributed by atoms with Gasteiger partial charge < -0.3 is 14.2 Å². The van der Waals surface area contributed by atoms with Crippen molar-refractivity contribution in [1.82, 2.24) is 19.7 Å². The van der Waals surface area contributed by atoms with E-state index in [0.29, 0.717) is 25.4 Å². The van der Waals surface area contributed by atoms with Gasteiger partial charge in [-0.1, -0.05) is 48.5 Å². The lowest BCUT2D eigenvalue weighted by Crippen LogP contribution is -2.67. The van der Waals surface area contributed by atoms with Crippen molar-refractivity contribution < 1.29 is 19.1 Å². The molecule has 0 radical (unpaired) electrons. The number of nitrogens with zero attached hydrogens (tertiary/aromatic N) is 3. The topological polar surface area (TPSA) is 101 Å². The van der Waals surface area contributed by atoms with E-state index >= 15 is 0 Å². The van der Waals surface area contributed by atoms with Gasteiger partial charge in [0, 0.05) is 43.9 Å². The number of piperidine rings is 1. The molecule has 0 spiro atoms. The maximum absolute atomic E-state index is 14.3. The maximum Gasteiger partial charge on any atom is 0.331 e. The zero-order valence-electron chi connectivity index (χ0n) is 22.4. The maximum atomic E-state index is 14.3. The van der Waals surface area contributed by atoms with E-state index in [1.54, 1.807) is 31.4 Å². The molecule has 206 valence electrons. The standard InChI is InChI=1S/C31H32N4O5/c1-40-25-12-10-21(11-13-25)15-31(28(37)32-30(39)35(29(31)38)17-22-6-3-2-4-7-22)20-33-16-23-14-24(19-33)26-8-5-9-27(36)34(26)18-23/h2-13,23-24H,14-20H2,1H3,(H,32,37,39)/t23-,24-,31-/m0/s1. The average Bonchev–Trinajstić information content (AvgIpc) is 2.96. The Labute approximate surface area is 232 Å². The number of nitrogens with one attached hydrogen (secondary N) is 1. The number of amides is 4. The van der Waals surface area contributed by atoms with Crippen molar-refractivity contribution in [1.29, 1.82) is 0 Å². The average molecular weight is 541 g/mol. The van der Waals surface area contributed by atoms with E-state index in [4.69, 9.17) is 4.74 Å². The number of imide groups is 2. The predicted octanol–water partition coefficient (Wildman–Crippen LogP) is 2.78. The zero-order valence-corrected chi connectivity index (χ0v) is 22.4. The number of carbonyl (C=O) groups is 3. The lowest BCUT2D eigenvalue weighted by molar-refractivity contribution is -0.154. The lowest BCUT2D eigenvalue weighted by Gasteiger charge is -2.47. The Hall–Kier alpha value is -4.24. The summed E-state index contributed by atoms with van der Waals surface area (Å²) in [5.74, 6) is -0.0319.